The van der Waals surface area contributed by atoms with Crippen molar-refractivity contribution in [3.8, 4) is 17.2 Å². The fraction of sp³-hybridized carbons (Fsp3) is 0.182. The molecule has 1 heterocycles. The minimum atomic E-state index is -0.247. The van der Waals surface area contributed by atoms with Gasteiger partial charge >= 0.3 is 0 Å². The fourth-order valence-electron chi connectivity index (χ4n) is 2.83. The summed E-state index contributed by atoms with van der Waals surface area (Å²) < 4.78 is 16.2. The van der Waals surface area contributed by atoms with E-state index in [-0.39, 0.29) is 5.91 Å². The van der Waals surface area contributed by atoms with Crippen LogP contribution in [-0.2, 0) is 4.79 Å². The van der Waals surface area contributed by atoms with Crippen LogP contribution in [0.4, 0.5) is 5.69 Å². The van der Waals surface area contributed by atoms with Crippen LogP contribution in [0.3, 0.4) is 0 Å². The summed E-state index contributed by atoms with van der Waals surface area (Å²) in [6.07, 6.45) is 4.88. The van der Waals surface area contributed by atoms with E-state index in [1.54, 1.807) is 38.6 Å². The molecule has 6 nitrogen and oxygen atoms in total. The van der Waals surface area contributed by atoms with Gasteiger partial charge in [0.15, 0.2) is 11.5 Å². The number of nitrogens with zero attached hydrogens (tertiary/aromatic N) is 1. The predicted octanol–water partition coefficient (Wildman–Crippen LogP) is 4.30. The number of amides is 1. The Labute approximate surface area is 163 Å². The Kier molecular flexibility index (Phi) is 6.11. The van der Waals surface area contributed by atoms with E-state index in [1.165, 1.54) is 6.08 Å². The number of nitrogens with one attached hydrogen (secondary N) is 1. The molecule has 1 aromatic heterocycles. The minimum absolute atomic E-state index is 0.247. The first kappa shape index (κ1) is 19.2. The van der Waals surface area contributed by atoms with Crippen molar-refractivity contribution in [3.05, 3.63) is 60.3 Å². The average molecular weight is 378 g/mol. The Balaban J connectivity index is 1.78. The molecular weight excluding hydrogens is 356 g/mol. The lowest BCUT2D eigenvalue weighted by Crippen LogP contribution is -2.08. The standard InChI is InChI=1S/C22H22N2O4/c1-4-28-18-10-7-15(14-20(18)27-3)8-12-21(25)24-17-9-11-19(26-2)22-16(17)6-5-13-23-22/h5-14H,4H2,1-3H3,(H,24,25)/b12-8+. The highest BCUT2D eigenvalue weighted by atomic mass is 16.5. The zero-order valence-corrected chi connectivity index (χ0v) is 16.1. The molecule has 0 aliphatic heterocycles. The molecule has 0 atom stereocenters. The molecular formula is C22H22N2O4. The number of benzene rings is 2. The molecule has 0 spiro atoms. The van der Waals surface area contributed by atoms with Crippen LogP contribution in [0.5, 0.6) is 17.2 Å². The molecule has 0 saturated heterocycles. The van der Waals surface area contributed by atoms with Gasteiger partial charge in [0, 0.05) is 17.7 Å². The quantitative estimate of drug-likeness (QED) is 0.621. The van der Waals surface area contributed by atoms with E-state index in [0.29, 0.717) is 35.1 Å². The Morgan fingerprint density at radius 3 is 2.61 bits per heavy atom. The smallest absolute Gasteiger partial charge is 0.248 e. The van der Waals surface area contributed by atoms with Gasteiger partial charge in [-0.1, -0.05) is 6.07 Å². The third-order valence-electron chi connectivity index (χ3n) is 4.13. The van der Waals surface area contributed by atoms with Crippen LogP contribution >= 0.6 is 0 Å². The molecule has 3 rings (SSSR count). The van der Waals surface area contributed by atoms with E-state index in [2.05, 4.69) is 10.3 Å². The largest absolute Gasteiger partial charge is 0.494 e. The van der Waals surface area contributed by atoms with Crippen molar-refractivity contribution in [1.82, 2.24) is 4.98 Å². The molecule has 0 radical (unpaired) electrons. The molecule has 0 saturated carbocycles. The summed E-state index contributed by atoms with van der Waals surface area (Å²) in [6, 6.07) is 12.8. The van der Waals surface area contributed by atoms with Crippen molar-refractivity contribution in [2.24, 2.45) is 0 Å². The molecule has 0 unspecified atom stereocenters. The lowest BCUT2D eigenvalue weighted by Gasteiger charge is -2.10. The Morgan fingerprint density at radius 2 is 1.86 bits per heavy atom. The van der Waals surface area contributed by atoms with Gasteiger partial charge in [-0.25, -0.2) is 0 Å². The van der Waals surface area contributed by atoms with Gasteiger partial charge in [0.25, 0.3) is 0 Å². The SMILES string of the molecule is CCOc1ccc(/C=C/C(=O)Nc2ccc(OC)c3ncccc23)cc1OC. The number of ether oxygens (including phenoxy) is 3. The van der Waals surface area contributed by atoms with E-state index in [1.807, 2.05) is 37.3 Å². The normalized spacial score (nSPS) is 10.8. The summed E-state index contributed by atoms with van der Waals surface area (Å²) in [6.45, 7) is 2.47. The molecule has 144 valence electrons. The first-order valence-corrected chi connectivity index (χ1v) is 8.88. The number of pyridine rings is 1. The summed E-state index contributed by atoms with van der Waals surface area (Å²) in [5.41, 5.74) is 2.20. The molecule has 1 N–H and O–H groups in total. The molecule has 6 heteroatoms. The highest BCUT2D eigenvalue weighted by Crippen LogP contribution is 2.30. The summed E-state index contributed by atoms with van der Waals surface area (Å²) in [7, 11) is 3.18. The first-order chi connectivity index (χ1) is 13.7. The van der Waals surface area contributed by atoms with E-state index >= 15 is 0 Å². The Bertz CT molecular complexity index is 1010. The zero-order valence-electron chi connectivity index (χ0n) is 16.1. The van der Waals surface area contributed by atoms with Gasteiger partial charge in [-0.15, -0.1) is 0 Å². The maximum Gasteiger partial charge on any atom is 0.248 e. The highest BCUT2D eigenvalue weighted by molar-refractivity contribution is 6.07. The summed E-state index contributed by atoms with van der Waals surface area (Å²) >= 11 is 0. The van der Waals surface area contributed by atoms with E-state index in [4.69, 9.17) is 14.2 Å². The predicted molar refractivity (Wildman–Crippen MR) is 110 cm³/mol. The molecule has 1 amide bonds. The van der Waals surface area contributed by atoms with Crippen molar-refractivity contribution in [2.45, 2.75) is 6.92 Å². The average Bonchev–Trinajstić information content (AvgIpc) is 2.73. The second-order valence-electron chi connectivity index (χ2n) is 5.88. The van der Waals surface area contributed by atoms with E-state index in [9.17, 15) is 4.79 Å². The van der Waals surface area contributed by atoms with Crippen LogP contribution < -0.4 is 19.5 Å². The summed E-state index contributed by atoms with van der Waals surface area (Å²) in [5, 5.41) is 3.70. The monoisotopic (exact) mass is 378 g/mol. The number of aromatic nitrogens is 1. The fourth-order valence-corrected chi connectivity index (χ4v) is 2.83. The lowest BCUT2D eigenvalue weighted by atomic mass is 10.1. The number of rotatable bonds is 7. The third-order valence-corrected chi connectivity index (χ3v) is 4.13. The molecule has 0 aliphatic carbocycles. The Hall–Kier alpha value is -3.54. The zero-order chi connectivity index (χ0) is 19.9. The van der Waals surface area contributed by atoms with Crippen LogP contribution in [0.15, 0.2) is 54.7 Å². The van der Waals surface area contributed by atoms with Gasteiger partial charge in [0.05, 0.1) is 26.5 Å². The highest BCUT2D eigenvalue weighted by Gasteiger charge is 2.09. The summed E-state index contributed by atoms with van der Waals surface area (Å²) in [4.78, 5) is 16.7. The van der Waals surface area contributed by atoms with Gasteiger partial charge in [0.1, 0.15) is 11.3 Å². The second-order valence-corrected chi connectivity index (χ2v) is 5.88. The number of carbonyl (C=O) groups is 1. The number of carbonyl (C=O) groups excluding carboxylic acids is 1. The van der Waals surface area contributed by atoms with Crippen molar-refractivity contribution in [2.75, 3.05) is 26.1 Å². The van der Waals surface area contributed by atoms with Gasteiger partial charge in [-0.3, -0.25) is 9.78 Å². The van der Waals surface area contributed by atoms with Crippen LogP contribution in [0.1, 0.15) is 12.5 Å². The van der Waals surface area contributed by atoms with Crippen molar-refractivity contribution >= 4 is 28.6 Å². The van der Waals surface area contributed by atoms with Gasteiger partial charge in [-0.2, -0.15) is 0 Å². The number of hydrogen-bond donors (Lipinski definition) is 1. The first-order valence-electron chi connectivity index (χ1n) is 8.88. The van der Waals surface area contributed by atoms with Gasteiger partial charge in [-0.05, 0) is 55.0 Å². The maximum atomic E-state index is 12.4. The lowest BCUT2D eigenvalue weighted by molar-refractivity contribution is -0.111. The molecule has 0 fully saturated rings. The number of hydrogen-bond acceptors (Lipinski definition) is 5. The molecule has 28 heavy (non-hydrogen) atoms. The maximum absolute atomic E-state index is 12.4. The van der Waals surface area contributed by atoms with E-state index in [0.717, 1.165) is 10.9 Å². The number of anilines is 1. The molecule has 0 bridgehead atoms. The molecule has 0 aliphatic rings. The number of fused-ring (bicyclic) bond motifs is 1. The second kappa shape index (κ2) is 8.90. The van der Waals surface area contributed by atoms with Crippen molar-refractivity contribution in [1.29, 1.82) is 0 Å². The van der Waals surface area contributed by atoms with Crippen LogP contribution in [0, 0.1) is 0 Å². The van der Waals surface area contributed by atoms with Gasteiger partial charge in [0.2, 0.25) is 5.91 Å². The van der Waals surface area contributed by atoms with Crippen molar-refractivity contribution < 1.29 is 19.0 Å². The van der Waals surface area contributed by atoms with Crippen molar-refractivity contribution in [3.63, 3.8) is 0 Å². The van der Waals surface area contributed by atoms with Gasteiger partial charge < -0.3 is 19.5 Å². The van der Waals surface area contributed by atoms with Crippen LogP contribution in [0.2, 0.25) is 0 Å². The number of methoxy groups -OCH3 is 2. The minimum Gasteiger partial charge on any atom is -0.494 e. The van der Waals surface area contributed by atoms with Crippen LogP contribution in [-0.4, -0.2) is 31.7 Å². The van der Waals surface area contributed by atoms with E-state index < -0.39 is 0 Å². The topological polar surface area (TPSA) is 69.7 Å². The summed E-state index contributed by atoms with van der Waals surface area (Å²) in [5.74, 6) is 1.70. The molecule has 3 aromatic rings. The Morgan fingerprint density at radius 1 is 1.07 bits per heavy atom. The third kappa shape index (κ3) is 4.23. The molecule has 2 aromatic carbocycles. The van der Waals surface area contributed by atoms with Crippen LogP contribution in [0.25, 0.3) is 17.0 Å².